The molecule has 0 aliphatic carbocycles. The molecule has 0 aromatic heterocycles. The first-order chi connectivity index (χ1) is 14.7. The maximum absolute atomic E-state index is 11.2. The lowest BCUT2D eigenvalue weighted by molar-refractivity contribution is -0.140. The molecule has 13 heteroatoms. The highest BCUT2D eigenvalue weighted by atomic mass is 16.4. The average Bonchev–Trinajstić information content (AvgIpc) is 2.65. The van der Waals surface area contributed by atoms with Crippen molar-refractivity contribution in [1.82, 2.24) is 24.9 Å². The van der Waals surface area contributed by atoms with Crippen LogP contribution < -0.4 is 5.32 Å². The van der Waals surface area contributed by atoms with E-state index in [-0.39, 0.29) is 26.2 Å². The van der Waals surface area contributed by atoms with Gasteiger partial charge in [0.1, 0.15) is 0 Å². The molecule has 1 aliphatic heterocycles. The lowest BCUT2D eigenvalue weighted by Crippen LogP contribution is -2.49. The summed E-state index contributed by atoms with van der Waals surface area (Å²) in [5.41, 5.74) is 0. The highest BCUT2D eigenvalue weighted by Crippen LogP contribution is 2.01. The van der Waals surface area contributed by atoms with Crippen molar-refractivity contribution in [3.63, 3.8) is 0 Å². The van der Waals surface area contributed by atoms with E-state index >= 15 is 0 Å². The fourth-order valence-electron chi connectivity index (χ4n) is 3.28. The van der Waals surface area contributed by atoms with Crippen LogP contribution in [0.3, 0.4) is 0 Å². The third kappa shape index (κ3) is 13.6. The molecule has 0 atom stereocenters. The van der Waals surface area contributed by atoms with Gasteiger partial charge in [-0.3, -0.25) is 38.8 Å². The summed E-state index contributed by atoms with van der Waals surface area (Å²) < 4.78 is 0. The monoisotopic (exact) mass is 447 g/mol. The van der Waals surface area contributed by atoms with E-state index in [1.165, 1.54) is 0 Å². The lowest BCUT2D eigenvalue weighted by atomic mass is 10.3. The SMILES string of the molecule is O=C(O)CNCCN1CCN(CC(=O)O)CCN(CC(=O)O)CCN(CC(=O)O)CC1. The minimum Gasteiger partial charge on any atom is -0.480 e. The minimum atomic E-state index is -0.998. The number of hydrogen-bond donors (Lipinski definition) is 5. The van der Waals surface area contributed by atoms with Crippen molar-refractivity contribution >= 4 is 23.9 Å². The van der Waals surface area contributed by atoms with Gasteiger partial charge < -0.3 is 25.7 Å². The Kier molecular flexibility index (Phi) is 12.6. The second-order valence-electron chi connectivity index (χ2n) is 7.42. The van der Waals surface area contributed by atoms with Gasteiger partial charge in [0.2, 0.25) is 0 Å². The molecule has 0 radical (unpaired) electrons. The number of rotatable bonds is 11. The molecule has 0 aromatic rings. The quantitative estimate of drug-likeness (QED) is 0.205. The predicted octanol–water partition coefficient (Wildman–Crippen LogP) is -2.86. The average molecular weight is 447 g/mol. The maximum Gasteiger partial charge on any atom is 0.317 e. The Balaban J connectivity index is 2.84. The molecule has 31 heavy (non-hydrogen) atoms. The maximum atomic E-state index is 11.2. The van der Waals surface area contributed by atoms with Gasteiger partial charge in [0.25, 0.3) is 0 Å². The van der Waals surface area contributed by atoms with Gasteiger partial charge in [-0.15, -0.1) is 0 Å². The first kappa shape index (κ1) is 26.7. The van der Waals surface area contributed by atoms with Crippen molar-refractivity contribution in [1.29, 1.82) is 0 Å². The van der Waals surface area contributed by atoms with E-state index in [2.05, 4.69) is 5.32 Å². The third-order valence-electron chi connectivity index (χ3n) is 4.89. The van der Waals surface area contributed by atoms with E-state index in [9.17, 15) is 29.4 Å². The molecular formula is C18H33N5O8. The van der Waals surface area contributed by atoms with Crippen LogP contribution in [0.15, 0.2) is 0 Å². The van der Waals surface area contributed by atoms with Crippen LogP contribution in [0.1, 0.15) is 0 Å². The Morgan fingerprint density at radius 1 is 0.548 bits per heavy atom. The number of carbonyl (C=O) groups is 4. The minimum absolute atomic E-state index is 0.163. The molecule has 0 spiro atoms. The standard InChI is InChI=1S/C18H33N5O8/c24-15(25)11-19-1-2-20-3-5-21(12-16(26)27)7-9-23(14-18(30)31)10-8-22(6-4-20)13-17(28)29/h19H,1-14H2,(H,24,25)(H,26,27)(H,28,29)(H,30,31). The lowest BCUT2D eigenvalue weighted by Gasteiger charge is -2.33. The number of carboxylic acids is 4. The van der Waals surface area contributed by atoms with Gasteiger partial charge in [-0.2, -0.15) is 0 Å². The van der Waals surface area contributed by atoms with Crippen LogP contribution in [0.2, 0.25) is 0 Å². The van der Waals surface area contributed by atoms with Crippen LogP contribution in [0.25, 0.3) is 0 Å². The Morgan fingerprint density at radius 3 is 1.16 bits per heavy atom. The van der Waals surface area contributed by atoms with Crippen molar-refractivity contribution < 1.29 is 39.6 Å². The molecule has 1 fully saturated rings. The van der Waals surface area contributed by atoms with Crippen LogP contribution in [-0.2, 0) is 19.2 Å². The van der Waals surface area contributed by atoms with Crippen molar-refractivity contribution in [2.24, 2.45) is 0 Å². The fraction of sp³-hybridized carbons (Fsp3) is 0.778. The van der Waals surface area contributed by atoms with Gasteiger partial charge >= 0.3 is 23.9 Å². The summed E-state index contributed by atoms with van der Waals surface area (Å²) in [6, 6.07) is 0. The van der Waals surface area contributed by atoms with Crippen molar-refractivity contribution in [2.75, 3.05) is 91.6 Å². The smallest absolute Gasteiger partial charge is 0.317 e. The molecule has 0 amide bonds. The van der Waals surface area contributed by atoms with E-state index < -0.39 is 23.9 Å². The van der Waals surface area contributed by atoms with E-state index in [0.717, 1.165) is 0 Å². The molecule has 1 aliphatic rings. The summed E-state index contributed by atoms with van der Waals surface area (Å²) >= 11 is 0. The fourth-order valence-corrected chi connectivity index (χ4v) is 3.28. The highest BCUT2D eigenvalue weighted by Gasteiger charge is 2.19. The summed E-state index contributed by atoms with van der Waals surface area (Å²) in [6.07, 6.45) is 0. The molecule has 5 N–H and O–H groups in total. The zero-order valence-electron chi connectivity index (χ0n) is 17.6. The molecule has 1 rings (SSSR count). The molecule has 0 unspecified atom stereocenters. The van der Waals surface area contributed by atoms with Crippen molar-refractivity contribution in [2.45, 2.75) is 0 Å². The zero-order valence-corrected chi connectivity index (χ0v) is 17.6. The molecular weight excluding hydrogens is 414 g/mol. The van der Waals surface area contributed by atoms with Gasteiger partial charge in [-0.1, -0.05) is 0 Å². The van der Waals surface area contributed by atoms with Crippen LogP contribution in [0, 0.1) is 0 Å². The number of nitrogens with one attached hydrogen (secondary N) is 1. The first-order valence-electron chi connectivity index (χ1n) is 10.1. The highest BCUT2D eigenvalue weighted by molar-refractivity contribution is 5.70. The van der Waals surface area contributed by atoms with Gasteiger partial charge in [0, 0.05) is 65.4 Å². The summed E-state index contributed by atoms with van der Waals surface area (Å²) in [5, 5.41) is 39.1. The number of hydrogen-bond acceptors (Lipinski definition) is 9. The summed E-state index contributed by atoms with van der Waals surface area (Å²) in [5.74, 6) is -3.90. The molecule has 178 valence electrons. The van der Waals surface area contributed by atoms with Gasteiger partial charge in [-0.25, -0.2) is 0 Å². The Morgan fingerprint density at radius 2 is 0.871 bits per heavy atom. The molecule has 0 aromatic carbocycles. The topological polar surface area (TPSA) is 174 Å². The second kappa shape index (κ2) is 14.6. The normalized spacial score (nSPS) is 18.7. The predicted molar refractivity (Wildman–Crippen MR) is 109 cm³/mol. The Hall–Kier alpha value is -2.32. The zero-order chi connectivity index (χ0) is 23.2. The van der Waals surface area contributed by atoms with Crippen LogP contribution in [-0.4, -0.2) is 156 Å². The Labute approximate surface area is 180 Å². The van der Waals surface area contributed by atoms with E-state index in [1.807, 2.05) is 4.90 Å². The van der Waals surface area contributed by atoms with Gasteiger partial charge in [-0.05, 0) is 0 Å². The molecule has 1 heterocycles. The van der Waals surface area contributed by atoms with Crippen LogP contribution in [0.5, 0.6) is 0 Å². The van der Waals surface area contributed by atoms with Gasteiger partial charge in [0.15, 0.2) is 0 Å². The molecule has 0 saturated carbocycles. The molecule has 1 saturated heterocycles. The summed E-state index contributed by atoms with van der Waals surface area (Å²) in [7, 11) is 0. The number of aliphatic carboxylic acids is 4. The second-order valence-corrected chi connectivity index (χ2v) is 7.42. The van der Waals surface area contributed by atoms with E-state index in [4.69, 9.17) is 10.2 Å². The van der Waals surface area contributed by atoms with E-state index in [1.54, 1.807) is 14.7 Å². The van der Waals surface area contributed by atoms with Crippen molar-refractivity contribution in [3.05, 3.63) is 0 Å². The third-order valence-corrected chi connectivity index (χ3v) is 4.89. The summed E-state index contributed by atoms with van der Waals surface area (Å²) in [6.45, 7) is 3.58. The molecule has 13 nitrogen and oxygen atoms in total. The first-order valence-corrected chi connectivity index (χ1v) is 10.1. The van der Waals surface area contributed by atoms with Gasteiger partial charge in [0.05, 0.1) is 26.2 Å². The number of nitrogens with zero attached hydrogens (tertiary/aromatic N) is 4. The van der Waals surface area contributed by atoms with Crippen molar-refractivity contribution in [3.8, 4) is 0 Å². The largest absolute Gasteiger partial charge is 0.480 e. The summed E-state index contributed by atoms with van der Waals surface area (Å²) in [4.78, 5) is 51.4. The van der Waals surface area contributed by atoms with Crippen LogP contribution in [0.4, 0.5) is 0 Å². The molecule has 0 bridgehead atoms. The van der Waals surface area contributed by atoms with E-state index in [0.29, 0.717) is 65.4 Å². The number of carboxylic acid groups (broad SMARTS) is 4. The Bertz CT molecular complexity index is 573. The van der Waals surface area contributed by atoms with Crippen LogP contribution >= 0.6 is 0 Å².